The average molecular weight is 284 g/mol. The molecule has 5 nitrogen and oxygen atoms in total. The van der Waals surface area contributed by atoms with Crippen LogP contribution in [0.5, 0.6) is 0 Å². The lowest BCUT2D eigenvalue weighted by Gasteiger charge is -2.37. The van der Waals surface area contributed by atoms with Gasteiger partial charge in [-0.3, -0.25) is 4.79 Å². The van der Waals surface area contributed by atoms with E-state index in [0.29, 0.717) is 12.8 Å². The molecule has 1 atom stereocenters. The standard InChI is InChI=1S/C15H28N2O3/c1-3-4-5-6-8-12(2)17-14(20)16-11-15(13(18)19)9-7-10-15/h12H,3-11H2,1-2H3,(H,18,19)(H2,16,17,20). The van der Waals surface area contributed by atoms with Gasteiger partial charge in [0.25, 0.3) is 0 Å². The molecule has 0 spiro atoms. The number of hydrogen-bond acceptors (Lipinski definition) is 2. The molecule has 0 aromatic carbocycles. The van der Waals surface area contributed by atoms with Gasteiger partial charge in [0.2, 0.25) is 0 Å². The number of hydrogen-bond donors (Lipinski definition) is 3. The number of rotatable bonds is 9. The number of nitrogens with one attached hydrogen (secondary N) is 2. The summed E-state index contributed by atoms with van der Waals surface area (Å²) < 4.78 is 0. The van der Waals surface area contributed by atoms with Crippen molar-refractivity contribution < 1.29 is 14.7 Å². The van der Waals surface area contributed by atoms with Gasteiger partial charge in [0.1, 0.15) is 0 Å². The molecule has 116 valence electrons. The van der Waals surface area contributed by atoms with E-state index in [9.17, 15) is 14.7 Å². The number of aliphatic carboxylic acids is 1. The van der Waals surface area contributed by atoms with Crippen LogP contribution in [0, 0.1) is 5.41 Å². The van der Waals surface area contributed by atoms with E-state index in [0.717, 1.165) is 19.3 Å². The van der Waals surface area contributed by atoms with Crippen LogP contribution >= 0.6 is 0 Å². The first-order valence-corrected chi connectivity index (χ1v) is 7.78. The highest BCUT2D eigenvalue weighted by Gasteiger charge is 2.44. The summed E-state index contributed by atoms with van der Waals surface area (Å²) in [5, 5.41) is 14.8. The highest BCUT2D eigenvalue weighted by atomic mass is 16.4. The number of carboxylic acid groups (broad SMARTS) is 1. The van der Waals surface area contributed by atoms with Gasteiger partial charge in [0.15, 0.2) is 0 Å². The number of unbranched alkanes of at least 4 members (excludes halogenated alkanes) is 3. The van der Waals surface area contributed by atoms with Gasteiger partial charge in [-0.1, -0.05) is 39.0 Å². The molecular formula is C15H28N2O3. The van der Waals surface area contributed by atoms with Crippen molar-refractivity contribution in [3.05, 3.63) is 0 Å². The van der Waals surface area contributed by atoms with Gasteiger partial charge in [0, 0.05) is 12.6 Å². The highest BCUT2D eigenvalue weighted by molar-refractivity contribution is 5.78. The maximum Gasteiger partial charge on any atom is 0.315 e. The predicted octanol–water partition coefficient (Wildman–Crippen LogP) is 2.90. The third kappa shape index (κ3) is 5.02. The van der Waals surface area contributed by atoms with E-state index in [4.69, 9.17) is 0 Å². The van der Waals surface area contributed by atoms with Gasteiger partial charge in [-0.2, -0.15) is 0 Å². The van der Waals surface area contributed by atoms with Gasteiger partial charge >= 0.3 is 12.0 Å². The molecule has 0 heterocycles. The van der Waals surface area contributed by atoms with Gasteiger partial charge in [0.05, 0.1) is 5.41 Å². The number of urea groups is 1. The second-order valence-corrected chi connectivity index (χ2v) is 6.02. The molecule has 0 radical (unpaired) electrons. The number of carbonyl (C=O) groups excluding carboxylic acids is 1. The summed E-state index contributed by atoms with van der Waals surface area (Å²) in [4.78, 5) is 22.9. The third-order valence-corrected chi connectivity index (χ3v) is 4.22. The quantitative estimate of drug-likeness (QED) is 0.570. The normalized spacial score (nSPS) is 17.9. The van der Waals surface area contributed by atoms with E-state index in [-0.39, 0.29) is 18.6 Å². The van der Waals surface area contributed by atoms with E-state index in [1.807, 2.05) is 6.92 Å². The second kappa shape index (κ2) is 8.12. The lowest BCUT2D eigenvalue weighted by Crippen LogP contribution is -2.50. The molecule has 0 bridgehead atoms. The molecule has 1 aliphatic carbocycles. The van der Waals surface area contributed by atoms with Crippen molar-refractivity contribution in [2.75, 3.05) is 6.54 Å². The van der Waals surface area contributed by atoms with Crippen molar-refractivity contribution in [3.63, 3.8) is 0 Å². The summed E-state index contributed by atoms with van der Waals surface area (Å²) in [6.07, 6.45) is 7.99. The largest absolute Gasteiger partial charge is 0.481 e. The fourth-order valence-corrected chi connectivity index (χ4v) is 2.54. The third-order valence-electron chi connectivity index (χ3n) is 4.22. The molecule has 1 rings (SSSR count). The molecule has 1 fully saturated rings. The number of carbonyl (C=O) groups is 2. The molecule has 0 aliphatic heterocycles. The zero-order valence-electron chi connectivity index (χ0n) is 12.7. The zero-order chi connectivity index (χ0) is 15.0. The Morgan fingerprint density at radius 1 is 1.25 bits per heavy atom. The summed E-state index contributed by atoms with van der Waals surface area (Å²) >= 11 is 0. The average Bonchev–Trinajstić information content (AvgIpc) is 2.33. The summed E-state index contributed by atoms with van der Waals surface area (Å²) in [5.74, 6) is -0.795. The second-order valence-electron chi connectivity index (χ2n) is 6.02. The Morgan fingerprint density at radius 3 is 2.45 bits per heavy atom. The minimum absolute atomic E-state index is 0.133. The van der Waals surface area contributed by atoms with Crippen LogP contribution < -0.4 is 10.6 Å². The lowest BCUT2D eigenvalue weighted by atomic mass is 9.69. The Balaban J connectivity index is 2.18. The minimum Gasteiger partial charge on any atom is -0.481 e. The topological polar surface area (TPSA) is 78.4 Å². The van der Waals surface area contributed by atoms with Crippen molar-refractivity contribution in [1.29, 1.82) is 0 Å². The number of carboxylic acids is 1. The van der Waals surface area contributed by atoms with E-state index >= 15 is 0 Å². The lowest BCUT2D eigenvalue weighted by molar-refractivity contribution is -0.153. The van der Waals surface area contributed by atoms with Crippen LogP contribution in [0.3, 0.4) is 0 Å². The summed E-state index contributed by atoms with van der Waals surface area (Å²) in [7, 11) is 0. The van der Waals surface area contributed by atoms with Crippen molar-refractivity contribution in [3.8, 4) is 0 Å². The number of amides is 2. The molecule has 0 aromatic rings. The Morgan fingerprint density at radius 2 is 1.95 bits per heavy atom. The predicted molar refractivity (Wildman–Crippen MR) is 78.7 cm³/mol. The van der Waals surface area contributed by atoms with Crippen LogP contribution in [-0.2, 0) is 4.79 Å². The maximum atomic E-state index is 11.7. The highest BCUT2D eigenvalue weighted by Crippen LogP contribution is 2.40. The van der Waals surface area contributed by atoms with Gasteiger partial charge in [-0.05, 0) is 26.2 Å². The first kappa shape index (κ1) is 16.8. The van der Waals surface area contributed by atoms with Crippen LogP contribution in [0.2, 0.25) is 0 Å². The first-order valence-electron chi connectivity index (χ1n) is 7.78. The van der Waals surface area contributed by atoms with Crippen molar-refractivity contribution in [2.24, 2.45) is 5.41 Å². The molecular weight excluding hydrogens is 256 g/mol. The summed E-state index contributed by atoms with van der Waals surface area (Å²) in [6, 6.07) is -0.116. The van der Waals surface area contributed by atoms with Gasteiger partial charge in [-0.25, -0.2) is 4.79 Å². The summed E-state index contributed by atoms with van der Waals surface area (Å²) in [5.41, 5.74) is -0.721. The fraction of sp³-hybridized carbons (Fsp3) is 0.867. The Bertz CT molecular complexity index is 327. The molecule has 3 N–H and O–H groups in total. The first-order chi connectivity index (χ1) is 9.50. The van der Waals surface area contributed by atoms with Crippen LogP contribution in [0.1, 0.15) is 65.2 Å². The maximum absolute atomic E-state index is 11.7. The summed E-state index contributed by atoms with van der Waals surface area (Å²) in [6.45, 7) is 4.40. The van der Waals surface area contributed by atoms with Gasteiger partial charge in [-0.15, -0.1) is 0 Å². The van der Waals surface area contributed by atoms with Crippen molar-refractivity contribution in [2.45, 2.75) is 71.3 Å². The Labute approximate surface area is 121 Å². The van der Waals surface area contributed by atoms with E-state index in [1.54, 1.807) is 0 Å². The Kier molecular flexibility index (Phi) is 6.82. The smallest absolute Gasteiger partial charge is 0.315 e. The van der Waals surface area contributed by atoms with E-state index in [1.165, 1.54) is 19.3 Å². The Hall–Kier alpha value is -1.26. The van der Waals surface area contributed by atoms with E-state index < -0.39 is 11.4 Å². The van der Waals surface area contributed by atoms with Crippen LogP contribution in [-0.4, -0.2) is 29.7 Å². The molecule has 0 saturated heterocycles. The van der Waals surface area contributed by atoms with Crippen LogP contribution in [0.4, 0.5) is 4.79 Å². The zero-order valence-corrected chi connectivity index (χ0v) is 12.7. The SMILES string of the molecule is CCCCCCC(C)NC(=O)NCC1(C(=O)O)CCC1. The monoisotopic (exact) mass is 284 g/mol. The molecule has 1 saturated carbocycles. The van der Waals surface area contributed by atoms with E-state index in [2.05, 4.69) is 17.6 Å². The molecule has 1 unspecified atom stereocenters. The van der Waals surface area contributed by atoms with Crippen LogP contribution in [0.25, 0.3) is 0 Å². The van der Waals surface area contributed by atoms with Crippen molar-refractivity contribution >= 4 is 12.0 Å². The van der Waals surface area contributed by atoms with Gasteiger partial charge < -0.3 is 15.7 Å². The van der Waals surface area contributed by atoms with Crippen LogP contribution in [0.15, 0.2) is 0 Å². The molecule has 1 aliphatic rings. The molecule has 0 aromatic heterocycles. The molecule has 2 amide bonds. The molecule has 20 heavy (non-hydrogen) atoms. The van der Waals surface area contributed by atoms with Crippen molar-refractivity contribution in [1.82, 2.24) is 10.6 Å². The molecule has 5 heteroatoms. The fourth-order valence-electron chi connectivity index (χ4n) is 2.54. The minimum atomic E-state index is -0.795.